The van der Waals surface area contributed by atoms with E-state index in [2.05, 4.69) is 82.7 Å². The summed E-state index contributed by atoms with van der Waals surface area (Å²) in [5, 5.41) is 8.05. The Kier molecular flexibility index (Phi) is 4.52. The van der Waals surface area contributed by atoms with Crippen molar-refractivity contribution in [1.82, 2.24) is 9.88 Å². The van der Waals surface area contributed by atoms with Crippen molar-refractivity contribution in [3.05, 3.63) is 132 Å². The Morgan fingerprint density at radius 3 is 1.84 bits per heavy atom. The first-order valence-corrected chi connectivity index (χ1v) is 12.7. The van der Waals surface area contributed by atoms with E-state index in [1.54, 1.807) is 0 Å². The fourth-order valence-corrected chi connectivity index (χ4v) is 5.50. The third-order valence-electron chi connectivity index (χ3n) is 7.26. The summed E-state index contributed by atoms with van der Waals surface area (Å²) in [5.41, 5.74) is 5.90. The lowest BCUT2D eigenvalue weighted by atomic mass is 10.1. The SMILES string of the molecule is c1ccc(C2=NC(n3c4ccccc4c4cc5c(cc43)oc3ccccc35)N=C(c3ccccc3)N2)cc1. The number of aliphatic imine (C=N–C) groups is 2. The predicted octanol–water partition coefficient (Wildman–Crippen LogP) is 7.65. The fraction of sp³-hybridized carbons (Fsp3) is 0.0303. The molecule has 7 aromatic rings. The molecule has 0 bridgehead atoms. The molecule has 0 radical (unpaired) electrons. The number of rotatable bonds is 3. The highest BCUT2D eigenvalue weighted by atomic mass is 16.3. The molecule has 8 rings (SSSR count). The number of para-hydroxylation sites is 2. The van der Waals surface area contributed by atoms with Gasteiger partial charge in [0, 0.05) is 38.7 Å². The maximum absolute atomic E-state index is 6.28. The Bertz CT molecular complexity index is 1990. The van der Waals surface area contributed by atoms with E-state index in [1.165, 1.54) is 5.39 Å². The number of aromatic nitrogens is 1. The van der Waals surface area contributed by atoms with Crippen molar-refractivity contribution in [2.75, 3.05) is 0 Å². The van der Waals surface area contributed by atoms with Gasteiger partial charge < -0.3 is 9.73 Å². The molecule has 0 spiro atoms. The molecule has 3 heterocycles. The molecule has 5 aromatic carbocycles. The lowest BCUT2D eigenvalue weighted by Gasteiger charge is -2.24. The molecule has 38 heavy (non-hydrogen) atoms. The standard InChI is InChI=1S/C33H22N4O/c1-3-11-21(12-4-1)31-34-32(22-13-5-2-6-14-22)36-33(35-31)37-27-17-9-7-15-23(27)25-19-26-24-16-8-10-18-29(24)38-30(26)20-28(25)37/h1-20,33H,(H,34,35,36). The van der Waals surface area contributed by atoms with Crippen LogP contribution in [0.2, 0.25) is 0 Å². The van der Waals surface area contributed by atoms with Crippen LogP contribution in [0.15, 0.2) is 136 Å². The highest BCUT2D eigenvalue weighted by molar-refractivity contribution is 6.18. The molecule has 2 aromatic heterocycles. The van der Waals surface area contributed by atoms with Crippen molar-refractivity contribution in [2.24, 2.45) is 9.98 Å². The Balaban J connectivity index is 1.42. The quantitative estimate of drug-likeness (QED) is 0.277. The van der Waals surface area contributed by atoms with Crippen molar-refractivity contribution in [1.29, 1.82) is 0 Å². The monoisotopic (exact) mass is 490 g/mol. The summed E-state index contributed by atoms with van der Waals surface area (Å²) in [7, 11) is 0. The van der Waals surface area contributed by atoms with E-state index in [4.69, 9.17) is 14.4 Å². The van der Waals surface area contributed by atoms with Crippen LogP contribution in [0.25, 0.3) is 43.7 Å². The first-order valence-electron chi connectivity index (χ1n) is 12.7. The summed E-state index contributed by atoms with van der Waals surface area (Å²) in [6.45, 7) is 0. The largest absolute Gasteiger partial charge is 0.456 e. The Labute approximate surface area is 218 Å². The summed E-state index contributed by atoms with van der Waals surface area (Å²) >= 11 is 0. The molecule has 0 unspecified atom stereocenters. The van der Waals surface area contributed by atoms with Gasteiger partial charge >= 0.3 is 0 Å². The number of benzene rings is 5. The van der Waals surface area contributed by atoms with E-state index >= 15 is 0 Å². The molecule has 1 aliphatic heterocycles. The number of hydrogen-bond acceptors (Lipinski definition) is 4. The molecular formula is C33H22N4O. The minimum Gasteiger partial charge on any atom is -0.456 e. The summed E-state index contributed by atoms with van der Waals surface area (Å²) in [6, 6.07) is 41.5. The van der Waals surface area contributed by atoms with Crippen molar-refractivity contribution in [2.45, 2.75) is 6.29 Å². The number of amidine groups is 2. The van der Waals surface area contributed by atoms with E-state index in [0.717, 1.165) is 61.2 Å². The molecular weight excluding hydrogens is 468 g/mol. The molecule has 180 valence electrons. The van der Waals surface area contributed by atoms with Gasteiger partial charge in [-0.2, -0.15) is 0 Å². The van der Waals surface area contributed by atoms with E-state index in [-0.39, 0.29) is 0 Å². The van der Waals surface area contributed by atoms with Crippen LogP contribution in [0.3, 0.4) is 0 Å². The van der Waals surface area contributed by atoms with Gasteiger partial charge in [0.05, 0.1) is 11.0 Å². The molecule has 0 atom stereocenters. The third-order valence-corrected chi connectivity index (χ3v) is 7.26. The minimum atomic E-state index is -0.495. The number of hydrogen-bond donors (Lipinski definition) is 1. The molecule has 5 heteroatoms. The van der Waals surface area contributed by atoms with Crippen molar-refractivity contribution in [3.63, 3.8) is 0 Å². The first kappa shape index (κ1) is 21.0. The summed E-state index contributed by atoms with van der Waals surface area (Å²) in [4.78, 5) is 10.3. The van der Waals surface area contributed by atoms with Crippen LogP contribution in [-0.4, -0.2) is 16.2 Å². The van der Waals surface area contributed by atoms with Crippen molar-refractivity contribution in [3.8, 4) is 0 Å². The molecule has 0 saturated heterocycles. The van der Waals surface area contributed by atoms with Gasteiger partial charge in [-0.3, -0.25) is 4.57 Å². The lowest BCUT2D eigenvalue weighted by molar-refractivity contribution is 0.575. The van der Waals surface area contributed by atoms with E-state index in [9.17, 15) is 0 Å². The Morgan fingerprint density at radius 2 is 1.13 bits per heavy atom. The van der Waals surface area contributed by atoms with E-state index in [0.29, 0.717) is 0 Å². The molecule has 5 nitrogen and oxygen atoms in total. The molecule has 0 amide bonds. The second-order valence-electron chi connectivity index (χ2n) is 9.51. The van der Waals surface area contributed by atoms with Gasteiger partial charge in [-0.15, -0.1) is 0 Å². The van der Waals surface area contributed by atoms with E-state index in [1.807, 2.05) is 48.5 Å². The van der Waals surface area contributed by atoms with Crippen molar-refractivity contribution < 1.29 is 4.42 Å². The average molecular weight is 491 g/mol. The van der Waals surface area contributed by atoms with Crippen LogP contribution < -0.4 is 5.32 Å². The molecule has 0 fully saturated rings. The van der Waals surface area contributed by atoms with Gasteiger partial charge in [-0.1, -0.05) is 97.1 Å². The fourth-order valence-electron chi connectivity index (χ4n) is 5.50. The van der Waals surface area contributed by atoms with E-state index < -0.39 is 6.29 Å². The van der Waals surface area contributed by atoms with Crippen LogP contribution >= 0.6 is 0 Å². The van der Waals surface area contributed by atoms with Crippen molar-refractivity contribution >= 4 is 55.4 Å². The maximum atomic E-state index is 6.28. The van der Waals surface area contributed by atoms with Gasteiger partial charge in [0.1, 0.15) is 22.8 Å². The van der Waals surface area contributed by atoms with Gasteiger partial charge in [-0.25, -0.2) is 9.98 Å². The minimum absolute atomic E-state index is 0.495. The zero-order valence-electron chi connectivity index (χ0n) is 20.4. The normalized spacial score (nSPS) is 14.2. The van der Waals surface area contributed by atoms with Gasteiger partial charge in [0.2, 0.25) is 6.29 Å². The van der Waals surface area contributed by atoms with Crippen LogP contribution in [0, 0.1) is 0 Å². The smallest absolute Gasteiger partial charge is 0.224 e. The predicted molar refractivity (Wildman–Crippen MR) is 155 cm³/mol. The van der Waals surface area contributed by atoms with Crippen LogP contribution in [-0.2, 0) is 0 Å². The Hall–Kier alpha value is -5.16. The summed E-state index contributed by atoms with van der Waals surface area (Å²) in [6.07, 6.45) is -0.495. The molecule has 0 aliphatic carbocycles. The number of fused-ring (bicyclic) bond motifs is 6. The maximum Gasteiger partial charge on any atom is 0.224 e. The second-order valence-corrected chi connectivity index (χ2v) is 9.51. The van der Waals surface area contributed by atoms with Gasteiger partial charge in [-0.05, 0) is 18.2 Å². The number of furan rings is 1. The zero-order valence-corrected chi connectivity index (χ0v) is 20.4. The first-order chi connectivity index (χ1) is 18.8. The van der Waals surface area contributed by atoms with Crippen LogP contribution in [0.1, 0.15) is 17.4 Å². The van der Waals surface area contributed by atoms with Crippen LogP contribution in [0.5, 0.6) is 0 Å². The number of nitrogens with zero attached hydrogens (tertiary/aromatic N) is 3. The zero-order chi connectivity index (χ0) is 25.1. The average Bonchev–Trinajstić information content (AvgIpc) is 3.51. The summed E-state index contributed by atoms with van der Waals surface area (Å²) in [5.74, 6) is 1.58. The second kappa shape index (κ2) is 8.18. The third kappa shape index (κ3) is 3.19. The molecule has 1 N–H and O–H groups in total. The Morgan fingerprint density at radius 1 is 0.526 bits per heavy atom. The van der Waals surface area contributed by atoms with Crippen LogP contribution in [0.4, 0.5) is 0 Å². The number of nitrogens with one attached hydrogen (secondary N) is 1. The highest BCUT2D eigenvalue weighted by Gasteiger charge is 2.24. The lowest BCUT2D eigenvalue weighted by Crippen LogP contribution is -2.36. The van der Waals surface area contributed by atoms with Gasteiger partial charge in [0.15, 0.2) is 0 Å². The molecule has 0 saturated carbocycles. The molecule has 1 aliphatic rings. The topological polar surface area (TPSA) is 54.8 Å². The summed E-state index contributed by atoms with van der Waals surface area (Å²) < 4.78 is 8.51. The van der Waals surface area contributed by atoms with Gasteiger partial charge in [0.25, 0.3) is 0 Å². The highest BCUT2D eigenvalue weighted by Crippen LogP contribution is 2.39.